The normalized spacial score (nSPS) is 25.2. The zero-order valence-corrected chi connectivity index (χ0v) is 20.4. The molecule has 2 N–H and O–H groups in total. The highest BCUT2D eigenvalue weighted by molar-refractivity contribution is 14.0. The molecule has 0 bridgehead atoms. The minimum Gasteiger partial charge on any atom is -0.357 e. The molecule has 10 heteroatoms. The molecule has 2 heterocycles. The van der Waals surface area contributed by atoms with Crippen LogP contribution in [0.2, 0.25) is 0 Å². The summed E-state index contributed by atoms with van der Waals surface area (Å²) in [7, 11) is -2.97. The van der Waals surface area contributed by atoms with Crippen LogP contribution >= 0.6 is 35.7 Å². The molecular weight excluding hydrogens is 499 g/mol. The van der Waals surface area contributed by atoms with Crippen LogP contribution < -0.4 is 10.6 Å². The Morgan fingerprint density at radius 1 is 1.37 bits per heavy atom. The first-order valence-electron chi connectivity index (χ1n) is 9.45. The van der Waals surface area contributed by atoms with Gasteiger partial charge in [-0.3, -0.25) is 9.79 Å². The maximum absolute atomic E-state index is 12.1. The number of nitrogens with zero attached hydrogens (tertiary/aromatic N) is 2. The molecule has 0 aromatic rings. The number of sulfone groups is 1. The van der Waals surface area contributed by atoms with E-state index in [1.807, 2.05) is 18.7 Å². The van der Waals surface area contributed by atoms with Crippen LogP contribution in [0.4, 0.5) is 0 Å². The van der Waals surface area contributed by atoms with E-state index >= 15 is 0 Å². The van der Waals surface area contributed by atoms with Gasteiger partial charge >= 0.3 is 0 Å². The molecule has 2 aliphatic heterocycles. The predicted molar refractivity (Wildman–Crippen MR) is 124 cm³/mol. The van der Waals surface area contributed by atoms with Crippen LogP contribution in [0.5, 0.6) is 0 Å². The lowest BCUT2D eigenvalue weighted by Gasteiger charge is -2.36. The molecule has 2 rings (SSSR count). The molecule has 0 aromatic carbocycles. The van der Waals surface area contributed by atoms with Crippen LogP contribution in [0.1, 0.15) is 33.6 Å². The molecule has 2 unspecified atom stereocenters. The van der Waals surface area contributed by atoms with Gasteiger partial charge in [0.25, 0.3) is 0 Å². The van der Waals surface area contributed by atoms with Gasteiger partial charge in [0, 0.05) is 43.1 Å². The fourth-order valence-corrected chi connectivity index (χ4v) is 6.14. The van der Waals surface area contributed by atoms with Gasteiger partial charge in [-0.05, 0) is 19.3 Å². The molecule has 0 aromatic heterocycles. The van der Waals surface area contributed by atoms with Crippen molar-refractivity contribution in [1.29, 1.82) is 0 Å². The van der Waals surface area contributed by atoms with Gasteiger partial charge in [0.2, 0.25) is 5.91 Å². The lowest BCUT2D eigenvalue weighted by molar-refractivity contribution is -0.121. The van der Waals surface area contributed by atoms with E-state index in [4.69, 9.17) is 0 Å². The predicted octanol–water partition coefficient (Wildman–Crippen LogP) is 1.34. The first-order valence-corrected chi connectivity index (χ1v) is 12.3. The summed E-state index contributed by atoms with van der Waals surface area (Å²) in [6, 6.07) is -0.240. The first kappa shape index (κ1) is 24.8. The zero-order valence-electron chi connectivity index (χ0n) is 16.4. The van der Waals surface area contributed by atoms with Crippen LogP contribution in [-0.2, 0) is 14.6 Å². The van der Waals surface area contributed by atoms with E-state index in [1.54, 1.807) is 0 Å². The third kappa shape index (κ3) is 8.35. The van der Waals surface area contributed by atoms with Crippen LogP contribution in [-0.4, -0.2) is 79.9 Å². The third-order valence-corrected chi connectivity index (χ3v) is 7.98. The van der Waals surface area contributed by atoms with Crippen molar-refractivity contribution in [3.63, 3.8) is 0 Å². The molecule has 2 saturated heterocycles. The number of guanidine groups is 1. The second kappa shape index (κ2) is 11.7. The number of amides is 1. The van der Waals surface area contributed by atoms with E-state index in [-0.39, 0.29) is 53.9 Å². The molecule has 2 fully saturated rings. The number of carbonyl (C=O) groups is 1. The fourth-order valence-electron chi connectivity index (χ4n) is 3.17. The Morgan fingerprint density at radius 2 is 2.11 bits per heavy atom. The summed E-state index contributed by atoms with van der Waals surface area (Å²) in [4.78, 5) is 19.0. The second-order valence-electron chi connectivity index (χ2n) is 7.25. The van der Waals surface area contributed by atoms with Crippen molar-refractivity contribution in [3.05, 3.63) is 0 Å². The average molecular weight is 533 g/mol. The maximum Gasteiger partial charge on any atom is 0.222 e. The Labute approximate surface area is 184 Å². The van der Waals surface area contributed by atoms with Crippen LogP contribution in [0.15, 0.2) is 4.99 Å². The van der Waals surface area contributed by atoms with Crippen molar-refractivity contribution in [2.75, 3.05) is 43.4 Å². The van der Waals surface area contributed by atoms with Gasteiger partial charge in [-0.1, -0.05) is 13.8 Å². The highest BCUT2D eigenvalue weighted by Crippen LogP contribution is 2.24. The van der Waals surface area contributed by atoms with Gasteiger partial charge in [-0.2, -0.15) is 11.8 Å². The lowest BCUT2D eigenvalue weighted by Crippen LogP contribution is -2.49. The molecule has 2 atom stereocenters. The van der Waals surface area contributed by atoms with Gasteiger partial charge in [0.1, 0.15) is 0 Å². The van der Waals surface area contributed by atoms with Gasteiger partial charge in [-0.15, -0.1) is 24.0 Å². The number of hydrogen-bond donors (Lipinski definition) is 2. The molecule has 1 amide bonds. The molecule has 2 aliphatic rings. The SMILES string of the molecule is CCNC(=NCCC(=O)NC1CCS(=O)(=O)C1)N1CCSC(C(C)C)C1.I. The van der Waals surface area contributed by atoms with Crippen LogP contribution in [0.3, 0.4) is 0 Å². The summed E-state index contributed by atoms with van der Waals surface area (Å²) in [6.45, 7) is 9.68. The number of thioether (sulfide) groups is 1. The maximum atomic E-state index is 12.1. The highest BCUT2D eigenvalue weighted by Gasteiger charge is 2.29. The first-order chi connectivity index (χ1) is 12.3. The van der Waals surface area contributed by atoms with E-state index < -0.39 is 9.84 Å². The van der Waals surface area contributed by atoms with E-state index in [1.165, 1.54) is 0 Å². The van der Waals surface area contributed by atoms with Gasteiger partial charge in [-0.25, -0.2) is 8.42 Å². The topological polar surface area (TPSA) is 90.9 Å². The Balaban J connectivity index is 0.00000364. The smallest absolute Gasteiger partial charge is 0.222 e. The Bertz CT molecular complexity index is 613. The number of nitrogens with one attached hydrogen (secondary N) is 2. The minimum atomic E-state index is -2.97. The average Bonchev–Trinajstić information content (AvgIpc) is 2.92. The summed E-state index contributed by atoms with van der Waals surface area (Å²) in [5.41, 5.74) is 0. The summed E-state index contributed by atoms with van der Waals surface area (Å²) in [5, 5.41) is 6.74. The quantitative estimate of drug-likeness (QED) is 0.305. The van der Waals surface area contributed by atoms with Crippen molar-refractivity contribution in [3.8, 4) is 0 Å². The van der Waals surface area contributed by atoms with E-state index in [0.29, 0.717) is 24.1 Å². The van der Waals surface area contributed by atoms with Crippen LogP contribution in [0, 0.1) is 5.92 Å². The van der Waals surface area contributed by atoms with E-state index in [0.717, 1.165) is 31.3 Å². The van der Waals surface area contributed by atoms with Gasteiger partial charge < -0.3 is 15.5 Å². The molecule has 27 heavy (non-hydrogen) atoms. The Hall–Kier alpha value is -0.230. The standard InChI is InChI=1S/C17H32N4O3S2.HI/c1-4-18-17(21-8-9-25-15(11-21)13(2)3)19-7-5-16(22)20-14-6-10-26(23,24)12-14;/h13-15H,4-12H2,1-3H3,(H,18,19)(H,20,22);1H. The van der Waals surface area contributed by atoms with E-state index in [2.05, 4.69) is 34.4 Å². The Morgan fingerprint density at radius 3 is 2.70 bits per heavy atom. The molecule has 0 spiro atoms. The van der Waals surface area contributed by atoms with Crippen molar-refractivity contribution in [2.45, 2.75) is 44.9 Å². The zero-order chi connectivity index (χ0) is 19.2. The second-order valence-corrected chi connectivity index (χ2v) is 10.8. The summed E-state index contributed by atoms with van der Waals surface area (Å²) >= 11 is 2.02. The monoisotopic (exact) mass is 532 g/mol. The highest BCUT2D eigenvalue weighted by atomic mass is 127. The molecule has 0 saturated carbocycles. The molecule has 7 nitrogen and oxygen atoms in total. The minimum absolute atomic E-state index is 0. The number of rotatable bonds is 6. The molecule has 158 valence electrons. The molecular formula is C17H33IN4O3S2. The molecule has 0 radical (unpaired) electrons. The molecule has 0 aliphatic carbocycles. The van der Waals surface area contributed by atoms with Gasteiger partial charge in [0.05, 0.1) is 18.1 Å². The number of carbonyl (C=O) groups excluding carboxylic acids is 1. The van der Waals surface area contributed by atoms with Crippen molar-refractivity contribution in [2.24, 2.45) is 10.9 Å². The van der Waals surface area contributed by atoms with Gasteiger partial charge in [0.15, 0.2) is 15.8 Å². The summed E-state index contributed by atoms with van der Waals surface area (Å²) in [6.07, 6.45) is 0.795. The largest absolute Gasteiger partial charge is 0.357 e. The van der Waals surface area contributed by atoms with Crippen molar-refractivity contribution in [1.82, 2.24) is 15.5 Å². The van der Waals surface area contributed by atoms with Crippen LogP contribution in [0.25, 0.3) is 0 Å². The summed E-state index contributed by atoms with van der Waals surface area (Å²) < 4.78 is 22.9. The third-order valence-electron chi connectivity index (χ3n) is 4.67. The lowest BCUT2D eigenvalue weighted by atomic mass is 10.1. The van der Waals surface area contributed by atoms with E-state index in [9.17, 15) is 13.2 Å². The number of halogens is 1. The Kier molecular flexibility index (Phi) is 10.7. The van der Waals surface area contributed by atoms with Crippen molar-refractivity contribution < 1.29 is 13.2 Å². The number of aliphatic imine (C=N–C) groups is 1. The number of hydrogen-bond acceptors (Lipinski definition) is 5. The summed E-state index contributed by atoms with van der Waals surface area (Å²) in [5.74, 6) is 2.69. The van der Waals surface area contributed by atoms with Crippen molar-refractivity contribution >= 4 is 57.4 Å². The fraction of sp³-hybridized carbons (Fsp3) is 0.882.